The summed E-state index contributed by atoms with van der Waals surface area (Å²) in [6.45, 7) is 6.19. The van der Waals surface area contributed by atoms with Crippen LogP contribution in [0.5, 0.6) is 0 Å². The summed E-state index contributed by atoms with van der Waals surface area (Å²) in [7, 11) is 0. The molecule has 1 aliphatic carbocycles. The number of carbonyl (C=O) groups excluding carboxylic acids is 3. The average Bonchev–Trinajstić information content (AvgIpc) is 3.22. The van der Waals surface area contributed by atoms with Crippen LogP contribution in [0.4, 0.5) is 0 Å². The van der Waals surface area contributed by atoms with Gasteiger partial charge in [-0.05, 0) is 39.2 Å². The molecule has 0 saturated heterocycles. The maximum absolute atomic E-state index is 13.8. The Morgan fingerprint density at radius 1 is 1.14 bits per heavy atom. The van der Waals surface area contributed by atoms with Crippen LogP contribution in [0, 0.1) is 6.92 Å². The number of esters is 1. The Labute approximate surface area is 207 Å². The van der Waals surface area contributed by atoms with Gasteiger partial charge in [0.15, 0.2) is 5.69 Å². The Hall–Kier alpha value is -3.16. The summed E-state index contributed by atoms with van der Waals surface area (Å²) in [5, 5.41) is 7.60. The smallest absolute Gasteiger partial charge is 0.358 e. The molecule has 1 aliphatic heterocycles. The first-order valence-electron chi connectivity index (χ1n) is 12.8. The van der Waals surface area contributed by atoms with Gasteiger partial charge in [-0.3, -0.25) is 14.3 Å². The fourth-order valence-corrected chi connectivity index (χ4v) is 5.13. The number of hydrogen-bond acceptors (Lipinski definition) is 5. The van der Waals surface area contributed by atoms with Crippen LogP contribution >= 0.6 is 0 Å². The van der Waals surface area contributed by atoms with Crippen LogP contribution in [-0.2, 0) is 22.6 Å². The molecule has 0 spiro atoms. The predicted octanol–water partition coefficient (Wildman–Crippen LogP) is 4.01. The molecular formula is C27H36N4O4. The molecule has 2 amide bonds. The lowest BCUT2D eigenvalue weighted by molar-refractivity contribution is -0.134. The van der Waals surface area contributed by atoms with Crippen molar-refractivity contribution in [3.63, 3.8) is 0 Å². The second kappa shape index (κ2) is 10.6. The fourth-order valence-electron chi connectivity index (χ4n) is 5.13. The molecule has 1 aromatic heterocycles. The number of fused-ring (bicyclic) bond motifs is 1. The molecule has 8 nitrogen and oxygen atoms in total. The van der Waals surface area contributed by atoms with Gasteiger partial charge in [-0.2, -0.15) is 5.10 Å². The predicted molar refractivity (Wildman–Crippen MR) is 132 cm³/mol. The first kappa shape index (κ1) is 24.9. The van der Waals surface area contributed by atoms with E-state index in [1.807, 2.05) is 31.2 Å². The molecule has 1 saturated carbocycles. The second-order valence-corrected chi connectivity index (χ2v) is 9.96. The zero-order valence-corrected chi connectivity index (χ0v) is 21.0. The highest BCUT2D eigenvalue weighted by molar-refractivity contribution is 6.01. The third-order valence-electron chi connectivity index (χ3n) is 7.13. The van der Waals surface area contributed by atoms with Gasteiger partial charge in [0.25, 0.3) is 5.91 Å². The van der Waals surface area contributed by atoms with E-state index in [0.717, 1.165) is 36.8 Å². The van der Waals surface area contributed by atoms with Crippen molar-refractivity contribution in [3.8, 4) is 0 Å². The largest absolute Gasteiger partial charge is 0.461 e. The summed E-state index contributed by atoms with van der Waals surface area (Å²) in [6, 6.07) is 9.51. The zero-order chi connectivity index (χ0) is 25.0. The monoisotopic (exact) mass is 480 g/mol. The summed E-state index contributed by atoms with van der Waals surface area (Å²) in [6.07, 6.45) is 7.73. The summed E-state index contributed by atoms with van der Waals surface area (Å²) in [5.74, 6) is -1.08. The average molecular weight is 481 g/mol. The quantitative estimate of drug-likeness (QED) is 0.631. The standard InChI is InChI=1S/C27H36N4O4/c1-4-35-25(33)22-16-23-24(32)30(17-20-12-10-11-19(2)15-20)27(3,18-31(23)29-22)26(34)28-21-13-8-6-5-7-9-14-21/h10-12,15-16,21H,4-9,13-14,17-18H2,1-3H3,(H,28,34)/t27-/m0/s1. The van der Waals surface area contributed by atoms with Crippen molar-refractivity contribution >= 4 is 17.8 Å². The maximum Gasteiger partial charge on any atom is 0.358 e. The minimum atomic E-state index is -1.16. The lowest BCUT2D eigenvalue weighted by Crippen LogP contribution is -2.64. The molecule has 1 aromatic carbocycles. The van der Waals surface area contributed by atoms with Crippen molar-refractivity contribution in [1.29, 1.82) is 0 Å². The molecule has 188 valence electrons. The minimum absolute atomic E-state index is 0.0791. The molecule has 0 bridgehead atoms. The molecule has 2 aromatic rings. The summed E-state index contributed by atoms with van der Waals surface area (Å²) >= 11 is 0. The van der Waals surface area contributed by atoms with Crippen molar-refractivity contribution < 1.29 is 19.1 Å². The zero-order valence-electron chi connectivity index (χ0n) is 21.0. The van der Waals surface area contributed by atoms with E-state index in [4.69, 9.17) is 4.74 Å². The van der Waals surface area contributed by atoms with Gasteiger partial charge in [-0.15, -0.1) is 0 Å². The van der Waals surface area contributed by atoms with Gasteiger partial charge >= 0.3 is 5.97 Å². The highest BCUT2D eigenvalue weighted by atomic mass is 16.5. The van der Waals surface area contributed by atoms with Crippen molar-refractivity contribution in [2.75, 3.05) is 6.61 Å². The number of nitrogens with zero attached hydrogens (tertiary/aromatic N) is 3. The molecule has 2 heterocycles. The molecule has 0 unspecified atom stereocenters. The van der Waals surface area contributed by atoms with Gasteiger partial charge in [0.2, 0.25) is 5.91 Å². The molecule has 35 heavy (non-hydrogen) atoms. The van der Waals surface area contributed by atoms with E-state index in [1.54, 1.807) is 18.7 Å². The SMILES string of the molecule is CCOC(=O)c1cc2n(n1)C[C@@](C)(C(=O)NC1CCCCCCC1)N(Cc1cccc(C)c1)C2=O. The molecule has 2 aliphatic rings. The van der Waals surface area contributed by atoms with Crippen molar-refractivity contribution in [2.24, 2.45) is 0 Å². The van der Waals surface area contributed by atoms with E-state index in [0.29, 0.717) is 0 Å². The van der Waals surface area contributed by atoms with E-state index in [2.05, 4.69) is 10.4 Å². The van der Waals surface area contributed by atoms with Crippen LogP contribution in [0.25, 0.3) is 0 Å². The van der Waals surface area contributed by atoms with Crippen molar-refractivity contribution in [2.45, 2.75) is 90.4 Å². The lowest BCUT2D eigenvalue weighted by Gasteiger charge is -2.44. The topological polar surface area (TPSA) is 93.5 Å². The van der Waals surface area contributed by atoms with Gasteiger partial charge < -0.3 is 15.0 Å². The number of nitrogens with one attached hydrogen (secondary N) is 1. The third-order valence-corrected chi connectivity index (χ3v) is 7.13. The Morgan fingerprint density at radius 2 is 1.86 bits per heavy atom. The molecular weight excluding hydrogens is 444 g/mol. The van der Waals surface area contributed by atoms with Gasteiger partial charge in [0.1, 0.15) is 11.2 Å². The van der Waals surface area contributed by atoms with Gasteiger partial charge in [0.05, 0.1) is 13.2 Å². The van der Waals surface area contributed by atoms with Crippen LogP contribution < -0.4 is 5.32 Å². The van der Waals surface area contributed by atoms with E-state index >= 15 is 0 Å². The van der Waals surface area contributed by atoms with Gasteiger partial charge in [-0.25, -0.2) is 4.79 Å². The summed E-state index contributed by atoms with van der Waals surface area (Å²) in [5.41, 5.74) is 1.24. The van der Waals surface area contributed by atoms with E-state index < -0.39 is 11.5 Å². The van der Waals surface area contributed by atoms with Crippen LogP contribution in [0.3, 0.4) is 0 Å². The number of rotatable bonds is 6. The molecule has 0 radical (unpaired) electrons. The third kappa shape index (κ3) is 5.41. The molecule has 4 rings (SSSR count). The number of aromatic nitrogens is 2. The van der Waals surface area contributed by atoms with Crippen LogP contribution in [-0.4, -0.2) is 50.7 Å². The Balaban J connectivity index is 1.66. The van der Waals surface area contributed by atoms with Gasteiger partial charge in [0, 0.05) is 18.7 Å². The number of carbonyl (C=O) groups is 3. The van der Waals surface area contributed by atoms with Crippen molar-refractivity contribution in [1.82, 2.24) is 20.0 Å². The van der Waals surface area contributed by atoms with Crippen LogP contribution in [0.15, 0.2) is 30.3 Å². The highest BCUT2D eigenvalue weighted by Crippen LogP contribution is 2.30. The normalized spacial score (nSPS) is 21.1. The van der Waals surface area contributed by atoms with E-state index in [-0.39, 0.29) is 48.9 Å². The Bertz CT molecular complexity index is 1090. The number of amides is 2. The minimum Gasteiger partial charge on any atom is -0.461 e. The maximum atomic E-state index is 13.8. The molecule has 1 N–H and O–H groups in total. The van der Waals surface area contributed by atoms with Gasteiger partial charge in [-0.1, -0.05) is 61.9 Å². The summed E-state index contributed by atoms with van der Waals surface area (Å²) < 4.78 is 6.56. The molecule has 1 atom stereocenters. The fraction of sp³-hybridized carbons (Fsp3) is 0.556. The molecule has 8 heteroatoms. The van der Waals surface area contributed by atoms with Crippen molar-refractivity contribution in [3.05, 3.63) is 52.8 Å². The highest BCUT2D eigenvalue weighted by Gasteiger charge is 2.48. The van der Waals surface area contributed by atoms with Crippen LogP contribution in [0.1, 0.15) is 90.9 Å². The second-order valence-electron chi connectivity index (χ2n) is 9.96. The Kier molecular flexibility index (Phi) is 7.57. The molecule has 1 fully saturated rings. The number of aryl methyl sites for hydroxylation is 1. The Morgan fingerprint density at radius 3 is 2.54 bits per heavy atom. The van der Waals surface area contributed by atoms with Crippen LogP contribution in [0.2, 0.25) is 0 Å². The first-order valence-corrected chi connectivity index (χ1v) is 12.8. The lowest BCUT2D eigenvalue weighted by atomic mass is 9.91. The number of benzene rings is 1. The van der Waals surface area contributed by atoms with E-state index in [1.165, 1.54) is 30.0 Å². The summed E-state index contributed by atoms with van der Waals surface area (Å²) in [4.78, 5) is 41.5. The number of ether oxygens (including phenoxy) is 1. The first-order chi connectivity index (χ1) is 16.8. The van der Waals surface area contributed by atoms with E-state index in [9.17, 15) is 14.4 Å². The number of hydrogen-bond donors (Lipinski definition) is 1.